The standard InChI is InChI=1S/C25H28N4O5S/c1-3-34-18-10-8-16(9-11-18)20(30)15-28-25(32)29-19-12-13-35-22(19)23(31)27(24(29)26-28)14-17-6-4-5-7-21(17)33-2/h4-11,19,22,24,26H,3,12-15H2,1-2H3. The molecule has 0 saturated carbocycles. The lowest BCUT2D eigenvalue weighted by Crippen LogP contribution is -2.65. The zero-order valence-electron chi connectivity index (χ0n) is 19.7. The Morgan fingerprint density at radius 3 is 2.66 bits per heavy atom. The van der Waals surface area contributed by atoms with Crippen LogP contribution in [0, 0.1) is 0 Å². The SMILES string of the molecule is CCOc1ccc(C(=O)CN2NC3N(Cc4ccccc4OC)C(=O)C4SCCC4N3C2=O)cc1. The molecular weight excluding hydrogens is 468 g/mol. The Labute approximate surface area is 208 Å². The normalized spacial score (nSPS) is 23.4. The second-order valence-corrected chi connectivity index (χ2v) is 9.83. The van der Waals surface area contributed by atoms with Crippen molar-refractivity contribution in [2.24, 2.45) is 0 Å². The third-order valence-corrected chi connectivity index (χ3v) is 7.89. The first-order valence-corrected chi connectivity index (χ1v) is 12.7. The predicted molar refractivity (Wildman–Crippen MR) is 131 cm³/mol. The minimum Gasteiger partial charge on any atom is -0.496 e. The lowest BCUT2D eigenvalue weighted by Gasteiger charge is -2.44. The Kier molecular flexibility index (Phi) is 6.57. The van der Waals surface area contributed by atoms with Gasteiger partial charge in [0, 0.05) is 11.1 Å². The third kappa shape index (κ3) is 4.32. The molecule has 184 valence electrons. The van der Waals surface area contributed by atoms with Gasteiger partial charge in [0.1, 0.15) is 23.3 Å². The van der Waals surface area contributed by atoms with Gasteiger partial charge < -0.3 is 14.4 Å². The molecule has 3 aliphatic rings. The maximum Gasteiger partial charge on any atom is 0.337 e. The number of urea groups is 1. The number of ether oxygens (including phenoxy) is 2. The Hall–Kier alpha value is -3.24. The quantitative estimate of drug-likeness (QED) is 0.562. The average Bonchev–Trinajstić information content (AvgIpc) is 3.48. The summed E-state index contributed by atoms with van der Waals surface area (Å²) in [4.78, 5) is 43.3. The van der Waals surface area contributed by atoms with Crippen LogP contribution >= 0.6 is 11.8 Å². The van der Waals surface area contributed by atoms with Crippen LogP contribution in [0.3, 0.4) is 0 Å². The van der Waals surface area contributed by atoms with Crippen LogP contribution in [0.1, 0.15) is 29.3 Å². The number of amides is 3. The number of rotatable bonds is 8. The van der Waals surface area contributed by atoms with Crippen molar-refractivity contribution in [1.82, 2.24) is 20.2 Å². The first-order valence-electron chi connectivity index (χ1n) is 11.7. The van der Waals surface area contributed by atoms with E-state index in [1.807, 2.05) is 31.2 Å². The van der Waals surface area contributed by atoms with Gasteiger partial charge in [0.25, 0.3) is 0 Å². The Balaban J connectivity index is 1.38. The molecular formula is C25H28N4O5S. The van der Waals surface area contributed by atoms with E-state index in [0.29, 0.717) is 23.7 Å². The van der Waals surface area contributed by atoms with Gasteiger partial charge in [-0.3, -0.25) is 14.5 Å². The van der Waals surface area contributed by atoms with Gasteiger partial charge in [-0.2, -0.15) is 5.43 Å². The molecule has 3 aliphatic heterocycles. The highest BCUT2D eigenvalue weighted by Crippen LogP contribution is 2.40. The van der Waals surface area contributed by atoms with Gasteiger partial charge in [0.15, 0.2) is 12.1 Å². The van der Waals surface area contributed by atoms with E-state index >= 15 is 0 Å². The van der Waals surface area contributed by atoms with Gasteiger partial charge in [-0.15, -0.1) is 11.8 Å². The van der Waals surface area contributed by atoms with Crippen LogP contribution in [0.25, 0.3) is 0 Å². The highest BCUT2D eigenvalue weighted by atomic mass is 32.2. The van der Waals surface area contributed by atoms with Crippen molar-refractivity contribution in [3.05, 3.63) is 59.7 Å². The summed E-state index contributed by atoms with van der Waals surface area (Å²) in [5.41, 5.74) is 4.48. The summed E-state index contributed by atoms with van der Waals surface area (Å²) in [6, 6.07) is 13.9. The minimum absolute atomic E-state index is 0.00959. The second-order valence-electron chi connectivity index (χ2n) is 8.58. The summed E-state index contributed by atoms with van der Waals surface area (Å²) in [5.74, 6) is 1.97. The van der Waals surface area contributed by atoms with Gasteiger partial charge in [-0.05, 0) is 49.4 Å². The summed E-state index contributed by atoms with van der Waals surface area (Å²) in [6.45, 7) is 2.59. The number of hydrogen-bond acceptors (Lipinski definition) is 7. The summed E-state index contributed by atoms with van der Waals surface area (Å²) >= 11 is 1.59. The lowest BCUT2D eigenvalue weighted by molar-refractivity contribution is -0.145. The van der Waals surface area contributed by atoms with Crippen molar-refractivity contribution in [2.45, 2.75) is 37.5 Å². The first kappa shape index (κ1) is 23.5. The van der Waals surface area contributed by atoms with Crippen molar-refractivity contribution >= 4 is 29.5 Å². The molecule has 0 bridgehead atoms. The molecule has 5 rings (SSSR count). The van der Waals surface area contributed by atoms with E-state index in [0.717, 1.165) is 17.7 Å². The number of nitrogens with one attached hydrogen (secondary N) is 1. The van der Waals surface area contributed by atoms with Gasteiger partial charge in [-0.1, -0.05) is 18.2 Å². The van der Waals surface area contributed by atoms with E-state index in [9.17, 15) is 14.4 Å². The van der Waals surface area contributed by atoms with Crippen LogP contribution in [-0.4, -0.2) is 76.1 Å². The molecule has 3 saturated heterocycles. The molecule has 0 spiro atoms. The van der Waals surface area contributed by atoms with Gasteiger partial charge >= 0.3 is 6.03 Å². The van der Waals surface area contributed by atoms with E-state index in [1.165, 1.54) is 5.01 Å². The number of fused-ring (bicyclic) bond motifs is 3. The molecule has 3 heterocycles. The van der Waals surface area contributed by atoms with Gasteiger partial charge in [0.05, 0.1) is 26.3 Å². The second kappa shape index (κ2) is 9.79. The van der Waals surface area contributed by atoms with Crippen LogP contribution < -0.4 is 14.9 Å². The molecule has 2 aromatic rings. The highest BCUT2D eigenvalue weighted by molar-refractivity contribution is 8.00. The lowest BCUT2D eigenvalue weighted by atomic mass is 10.0. The molecule has 0 aliphatic carbocycles. The Morgan fingerprint density at radius 2 is 1.91 bits per heavy atom. The van der Waals surface area contributed by atoms with Crippen LogP contribution in [-0.2, 0) is 11.3 Å². The number of thioether (sulfide) groups is 1. The van der Waals surface area contributed by atoms with Crippen molar-refractivity contribution < 1.29 is 23.9 Å². The number of benzene rings is 2. The number of ketones is 1. The number of methoxy groups -OCH3 is 1. The van der Waals surface area contributed by atoms with Crippen molar-refractivity contribution in [3.63, 3.8) is 0 Å². The number of para-hydroxylation sites is 1. The average molecular weight is 497 g/mol. The van der Waals surface area contributed by atoms with Crippen molar-refractivity contribution in [2.75, 3.05) is 26.0 Å². The molecule has 0 radical (unpaired) electrons. The number of hydrazine groups is 1. The first-order chi connectivity index (χ1) is 17.0. The summed E-state index contributed by atoms with van der Waals surface area (Å²) in [6.07, 6.45) is 0.0849. The molecule has 9 nitrogen and oxygen atoms in total. The zero-order chi connectivity index (χ0) is 24.5. The van der Waals surface area contributed by atoms with Crippen LogP contribution in [0.2, 0.25) is 0 Å². The number of carbonyl (C=O) groups is 3. The van der Waals surface area contributed by atoms with Crippen molar-refractivity contribution in [3.8, 4) is 11.5 Å². The van der Waals surface area contributed by atoms with Crippen LogP contribution in [0.15, 0.2) is 48.5 Å². The highest BCUT2D eigenvalue weighted by Gasteiger charge is 2.56. The fraction of sp³-hybridized carbons (Fsp3) is 0.400. The van der Waals surface area contributed by atoms with E-state index in [1.54, 1.807) is 52.9 Å². The van der Waals surface area contributed by atoms with E-state index in [4.69, 9.17) is 9.47 Å². The monoisotopic (exact) mass is 496 g/mol. The topological polar surface area (TPSA) is 91.4 Å². The van der Waals surface area contributed by atoms with Crippen LogP contribution in [0.4, 0.5) is 4.79 Å². The van der Waals surface area contributed by atoms with Crippen molar-refractivity contribution in [1.29, 1.82) is 0 Å². The molecule has 35 heavy (non-hydrogen) atoms. The largest absolute Gasteiger partial charge is 0.496 e. The number of nitrogens with zero attached hydrogens (tertiary/aromatic N) is 3. The molecule has 1 N–H and O–H groups in total. The third-order valence-electron chi connectivity index (χ3n) is 6.55. The smallest absolute Gasteiger partial charge is 0.337 e. The van der Waals surface area contributed by atoms with E-state index in [2.05, 4.69) is 5.43 Å². The number of hydrogen-bond donors (Lipinski definition) is 1. The number of Topliss-reactive ketones (excluding diaryl/α,β-unsaturated/α-hetero) is 1. The molecule has 3 amide bonds. The Bertz CT molecular complexity index is 1130. The van der Waals surface area contributed by atoms with Gasteiger partial charge in [-0.25, -0.2) is 9.80 Å². The van der Waals surface area contributed by atoms with E-state index < -0.39 is 6.29 Å². The molecule has 3 atom stereocenters. The summed E-state index contributed by atoms with van der Waals surface area (Å²) in [7, 11) is 1.59. The maximum absolute atomic E-state index is 13.5. The fourth-order valence-corrected chi connectivity index (χ4v) is 6.26. The molecule has 3 fully saturated rings. The molecule has 10 heteroatoms. The summed E-state index contributed by atoms with van der Waals surface area (Å²) in [5, 5.41) is 1.02. The maximum atomic E-state index is 13.5. The summed E-state index contributed by atoms with van der Waals surface area (Å²) < 4.78 is 10.9. The predicted octanol–water partition coefficient (Wildman–Crippen LogP) is 2.72. The van der Waals surface area contributed by atoms with E-state index in [-0.39, 0.29) is 42.1 Å². The zero-order valence-corrected chi connectivity index (χ0v) is 20.5. The molecule has 2 aromatic carbocycles. The minimum atomic E-state index is -0.659. The van der Waals surface area contributed by atoms with Crippen LogP contribution in [0.5, 0.6) is 11.5 Å². The molecule has 3 unspecified atom stereocenters. The molecule has 0 aromatic heterocycles. The fourth-order valence-electron chi connectivity index (χ4n) is 4.86. The Morgan fingerprint density at radius 1 is 1.14 bits per heavy atom. The number of carbonyl (C=O) groups excluding carboxylic acids is 3. The van der Waals surface area contributed by atoms with Gasteiger partial charge in [0.2, 0.25) is 5.91 Å².